The van der Waals surface area contributed by atoms with Crippen molar-refractivity contribution in [1.29, 1.82) is 0 Å². The van der Waals surface area contributed by atoms with E-state index >= 15 is 0 Å². The van der Waals surface area contributed by atoms with Gasteiger partial charge in [-0.1, -0.05) is 48.9 Å². The van der Waals surface area contributed by atoms with E-state index in [0.29, 0.717) is 18.0 Å². The average Bonchev–Trinajstić information content (AvgIpc) is 2.95. The first-order valence-electron chi connectivity index (χ1n) is 13.3. The van der Waals surface area contributed by atoms with Gasteiger partial charge in [0.05, 0.1) is 17.7 Å². The third-order valence-corrected chi connectivity index (χ3v) is 8.74. The highest BCUT2D eigenvalue weighted by Gasteiger charge is 2.33. The molecule has 0 aliphatic rings. The minimum absolute atomic E-state index is 0.0854. The molecule has 214 valence electrons. The molecule has 3 rings (SSSR count). The van der Waals surface area contributed by atoms with Crippen LogP contribution in [0.25, 0.3) is 0 Å². The van der Waals surface area contributed by atoms with Crippen LogP contribution in [0.1, 0.15) is 42.5 Å². The summed E-state index contributed by atoms with van der Waals surface area (Å²) in [7, 11) is -2.54. The number of ether oxygens (including phenoxy) is 1. The Morgan fingerprint density at radius 2 is 1.60 bits per heavy atom. The first-order chi connectivity index (χ1) is 19.0. The number of hydrogen-bond acceptors (Lipinski definition) is 5. The summed E-state index contributed by atoms with van der Waals surface area (Å²) < 4.78 is 34.4. The number of sulfonamides is 1. The maximum atomic E-state index is 14.0. The predicted molar refractivity (Wildman–Crippen MR) is 158 cm³/mol. The number of benzene rings is 3. The topological polar surface area (TPSA) is 96.0 Å². The molecule has 0 bridgehead atoms. The normalized spacial score (nSPS) is 11.9. The molecule has 9 heteroatoms. The van der Waals surface area contributed by atoms with Gasteiger partial charge < -0.3 is 15.0 Å². The van der Waals surface area contributed by atoms with Crippen LogP contribution in [-0.4, -0.2) is 51.4 Å². The first kappa shape index (κ1) is 30.7. The summed E-state index contributed by atoms with van der Waals surface area (Å²) in [6, 6.07) is 18.3. The number of aryl methyl sites for hydroxylation is 2. The maximum Gasteiger partial charge on any atom is 0.264 e. The first-order valence-corrected chi connectivity index (χ1v) is 14.8. The Kier molecular flexibility index (Phi) is 10.3. The Balaban J connectivity index is 2.05. The van der Waals surface area contributed by atoms with E-state index in [-0.39, 0.29) is 17.3 Å². The summed E-state index contributed by atoms with van der Waals surface area (Å²) in [5.41, 5.74) is 3.77. The van der Waals surface area contributed by atoms with Crippen molar-refractivity contribution in [3.8, 4) is 5.75 Å². The Labute approximate surface area is 238 Å². The number of rotatable bonds is 12. The highest BCUT2D eigenvalue weighted by atomic mass is 32.2. The molecule has 0 aliphatic heterocycles. The largest absolute Gasteiger partial charge is 0.497 e. The van der Waals surface area contributed by atoms with Gasteiger partial charge >= 0.3 is 0 Å². The number of methoxy groups -OCH3 is 1. The predicted octanol–water partition coefficient (Wildman–Crippen LogP) is 4.76. The Bertz CT molecular complexity index is 1420. The second kappa shape index (κ2) is 13.5. The molecular weight excluding hydrogens is 526 g/mol. The van der Waals surface area contributed by atoms with E-state index in [0.717, 1.165) is 33.0 Å². The lowest BCUT2D eigenvalue weighted by molar-refractivity contribution is -0.139. The molecule has 0 spiro atoms. The molecule has 0 aromatic heterocycles. The van der Waals surface area contributed by atoms with Crippen LogP contribution in [0, 0.1) is 20.8 Å². The van der Waals surface area contributed by atoms with Crippen molar-refractivity contribution in [2.24, 2.45) is 0 Å². The number of carbonyl (C=O) groups is 2. The molecule has 1 N–H and O–H groups in total. The summed E-state index contributed by atoms with van der Waals surface area (Å²) in [5.74, 6) is -0.129. The van der Waals surface area contributed by atoms with E-state index in [2.05, 4.69) is 5.32 Å². The van der Waals surface area contributed by atoms with Gasteiger partial charge in [-0.25, -0.2) is 8.42 Å². The highest BCUT2D eigenvalue weighted by Crippen LogP contribution is 2.29. The van der Waals surface area contributed by atoms with Crippen molar-refractivity contribution < 1.29 is 22.7 Å². The van der Waals surface area contributed by atoms with Gasteiger partial charge in [0.1, 0.15) is 18.3 Å². The smallest absolute Gasteiger partial charge is 0.264 e. The number of amides is 2. The van der Waals surface area contributed by atoms with E-state index in [1.54, 1.807) is 62.6 Å². The molecule has 3 aromatic carbocycles. The molecule has 0 heterocycles. The van der Waals surface area contributed by atoms with Gasteiger partial charge in [0.15, 0.2) is 0 Å². The van der Waals surface area contributed by atoms with Crippen LogP contribution in [0.2, 0.25) is 0 Å². The molecule has 8 nitrogen and oxygen atoms in total. The van der Waals surface area contributed by atoms with Crippen molar-refractivity contribution in [1.82, 2.24) is 10.2 Å². The van der Waals surface area contributed by atoms with E-state index in [1.165, 1.54) is 4.90 Å². The van der Waals surface area contributed by atoms with Crippen LogP contribution in [0.3, 0.4) is 0 Å². The molecule has 0 saturated heterocycles. The lowest BCUT2D eigenvalue weighted by atomic mass is 10.1. The maximum absolute atomic E-state index is 14.0. The van der Waals surface area contributed by atoms with Gasteiger partial charge in [0.2, 0.25) is 11.8 Å². The van der Waals surface area contributed by atoms with Crippen LogP contribution in [0.4, 0.5) is 5.69 Å². The summed E-state index contributed by atoms with van der Waals surface area (Å²) in [6.07, 6.45) is 0.750. The Hall–Kier alpha value is -3.85. The number of hydrogen-bond donors (Lipinski definition) is 1. The quantitative estimate of drug-likeness (QED) is 0.342. The molecule has 1 unspecified atom stereocenters. The molecule has 0 fully saturated rings. The number of carbonyl (C=O) groups excluding carboxylic acids is 2. The fourth-order valence-corrected chi connectivity index (χ4v) is 5.73. The van der Waals surface area contributed by atoms with Gasteiger partial charge in [0.25, 0.3) is 10.0 Å². The van der Waals surface area contributed by atoms with Crippen molar-refractivity contribution in [3.63, 3.8) is 0 Å². The van der Waals surface area contributed by atoms with E-state index in [4.69, 9.17) is 4.74 Å². The zero-order valence-electron chi connectivity index (χ0n) is 24.1. The van der Waals surface area contributed by atoms with Gasteiger partial charge in [-0.15, -0.1) is 0 Å². The molecule has 2 amide bonds. The van der Waals surface area contributed by atoms with Crippen LogP contribution in [0.5, 0.6) is 5.75 Å². The third kappa shape index (κ3) is 7.21. The van der Waals surface area contributed by atoms with E-state index < -0.39 is 28.5 Å². The highest BCUT2D eigenvalue weighted by molar-refractivity contribution is 7.92. The van der Waals surface area contributed by atoms with Crippen LogP contribution < -0.4 is 14.4 Å². The molecule has 0 aliphatic carbocycles. The van der Waals surface area contributed by atoms with E-state index in [1.807, 2.05) is 45.9 Å². The van der Waals surface area contributed by atoms with Crippen molar-refractivity contribution in [3.05, 3.63) is 89.0 Å². The number of anilines is 1. The van der Waals surface area contributed by atoms with Gasteiger partial charge in [-0.3, -0.25) is 13.9 Å². The standard InChI is InChI=1S/C31H39N3O5S/c1-7-19-32-31(36)25(5)33(20-26-13-15-27(39-6)16-14-26)30(35)21-34(29-10-8-9-23(3)24(29)4)40(37,38)28-17-11-22(2)12-18-28/h8-18,25H,7,19-21H2,1-6H3,(H,32,36). The number of nitrogens with one attached hydrogen (secondary N) is 1. The second-order valence-corrected chi connectivity index (χ2v) is 11.7. The third-order valence-electron chi connectivity index (χ3n) is 6.96. The lowest BCUT2D eigenvalue weighted by Crippen LogP contribution is -2.51. The summed E-state index contributed by atoms with van der Waals surface area (Å²) >= 11 is 0. The fraction of sp³-hybridized carbons (Fsp3) is 0.355. The molecule has 0 saturated carbocycles. The minimum atomic E-state index is -4.11. The molecular formula is C31H39N3O5S. The fourth-order valence-electron chi connectivity index (χ4n) is 4.26. The Morgan fingerprint density at radius 1 is 0.950 bits per heavy atom. The monoisotopic (exact) mass is 565 g/mol. The zero-order chi connectivity index (χ0) is 29.4. The molecule has 40 heavy (non-hydrogen) atoms. The minimum Gasteiger partial charge on any atom is -0.497 e. The van der Waals surface area contributed by atoms with E-state index in [9.17, 15) is 18.0 Å². The SMILES string of the molecule is CCCNC(=O)C(C)N(Cc1ccc(OC)cc1)C(=O)CN(c1cccc(C)c1C)S(=O)(=O)c1ccc(C)cc1. The van der Waals surface area contributed by atoms with Crippen molar-refractivity contribution in [2.45, 2.75) is 58.5 Å². The second-order valence-electron chi connectivity index (χ2n) is 9.88. The van der Waals surface area contributed by atoms with Crippen molar-refractivity contribution in [2.75, 3.05) is 24.5 Å². The Morgan fingerprint density at radius 3 is 2.20 bits per heavy atom. The lowest BCUT2D eigenvalue weighted by Gasteiger charge is -2.32. The van der Waals surface area contributed by atoms with Crippen LogP contribution in [-0.2, 0) is 26.2 Å². The zero-order valence-corrected chi connectivity index (χ0v) is 24.9. The molecule has 0 radical (unpaired) electrons. The average molecular weight is 566 g/mol. The summed E-state index contributed by atoms with van der Waals surface area (Å²) in [4.78, 5) is 28.5. The number of nitrogens with zero attached hydrogens (tertiary/aromatic N) is 2. The summed E-state index contributed by atoms with van der Waals surface area (Å²) in [6.45, 7) is 9.34. The molecule has 3 aromatic rings. The van der Waals surface area contributed by atoms with Crippen molar-refractivity contribution >= 4 is 27.5 Å². The van der Waals surface area contributed by atoms with Crippen LogP contribution >= 0.6 is 0 Å². The van der Waals surface area contributed by atoms with Gasteiger partial charge in [-0.2, -0.15) is 0 Å². The summed E-state index contributed by atoms with van der Waals surface area (Å²) in [5, 5.41) is 2.85. The van der Waals surface area contributed by atoms with Crippen LogP contribution in [0.15, 0.2) is 71.6 Å². The van der Waals surface area contributed by atoms with Gasteiger partial charge in [-0.05, 0) is 81.1 Å². The molecule has 1 atom stereocenters. The van der Waals surface area contributed by atoms with Gasteiger partial charge in [0, 0.05) is 13.1 Å².